The van der Waals surface area contributed by atoms with Gasteiger partial charge in [0, 0.05) is 6.08 Å². The highest BCUT2D eigenvalue weighted by Crippen LogP contribution is 2.13. The lowest BCUT2D eigenvalue weighted by molar-refractivity contribution is -0.134. The molecule has 0 saturated heterocycles. The second kappa shape index (κ2) is 7.07. The van der Waals surface area contributed by atoms with Crippen LogP contribution < -0.4 is 4.74 Å². The lowest BCUT2D eigenvalue weighted by atomic mass is 10.2. The number of hydrogen-bond donors (Lipinski definition) is 0. The van der Waals surface area contributed by atoms with E-state index in [4.69, 9.17) is 10.00 Å². The van der Waals surface area contributed by atoms with Crippen LogP contribution in [0.3, 0.4) is 0 Å². The highest BCUT2D eigenvalue weighted by atomic mass is 16.5. The van der Waals surface area contributed by atoms with Crippen LogP contribution in [0.5, 0.6) is 5.75 Å². The first-order valence-corrected chi connectivity index (χ1v) is 5.12. The summed E-state index contributed by atoms with van der Waals surface area (Å²) in [7, 11) is 1.33. The molecule has 0 aliphatic carbocycles. The van der Waals surface area contributed by atoms with Gasteiger partial charge in [-0.25, -0.2) is 4.79 Å². The highest BCUT2D eigenvalue weighted by molar-refractivity contribution is 5.86. The Morgan fingerprint density at radius 3 is 2.71 bits per heavy atom. The maximum atomic E-state index is 10.9. The Balaban J connectivity index is 2.53. The van der Waals surface area contributed by atoms with Crippen LogP contribution >= 0.6 is 0 Å². The van der Waals surface area contributed by atoms with Crippen LogP contribution in [0.25, 0.3) is 6.08 Å². The van der Waals surface area contributed by atoms with Crippen LogP contribution in [0.1, 0.15) is 12.0 Å². The first kappa shape index (κ1) is 12.8. The number of carbonyl (C=O) groups is 1. The lowest BCUT2D eigenvalue weighted by Gasteiger charge is -2.03. The summed E-state index contributed by atoms with van der Waals surface area (Å²) in [6.07, 6.45) is 3.38. The number of hydrogen-bond acceptors (Lipinski definition) is 4. The van der Waals surface area contributed by atoms with Crippen molar-refractivity contribution in [2.24, 2.45) is 0 Å². The summed E-state index contributed by atoms with van der Waals surface area (Å²) in [6, 6.07) is 9.21. The van der Waals surface area contributed by atoms with Gasteiger partial charge < -0.3 is 9.47 Å². The average molecular weight is 231 g/mol. The van der Waals surface area contributed by atoms with Gasteiger partial charge in [-0.3, -0.25) is 0 Å². The fourth-order valence-electron chi connectivity index (χ4n) is 1.12. The third-order valence-corrected chi connectivity index (χ3v) is 1.98. The van der Waals surface area contributed by atoms with E-state index in [2.05, 4.69) is 4.74 Å². The van der Waals surface area contributed by atoms with E-state index >= 15 is 0 Å². The van der Waals surface area contributed by atoms with E-state index in [1.165, 1.54) is 13.2 Å². The number of nitriles is 1. The van der Waals surface area contributed by atoms with Gasteiger partial charge in [-0.05, 0) is 23.8 Å². The minimum Gasteiger partial charge on any atom is -0.493 e. The van der Waals surface area contributed by atoms with Gasteiger partial charge >= 0.3 is 5.97 Å². The third kappa shape index (κ3) is 4.85. The molecule has 1 rings (SSSR count). The topological polar surface area (TPSA) is 59.3 Å². The fraction of sp³-hybridized carbons (Fsp3) is 0.231. The molecule has 4 heteroatoms. The van der Waals surface area contributed by atoms with Crippen molar-refractivity contribution < 1.29 is 14.3 Å². The Morgan fingerprint density at radius 2 is 2.12 bits per heavy atom. The van der Waals surface area contributed by atoms with Crippen LogP contribution in [0.15, 0.2) is 30.3 Å². The zero-order valence-electron chi connectivity index (χ0n) is 9.55. The quantitative estimate of drug-likeness (QED) is 0.442. The monoisotopic (exact) mass is 231 g/mol. The number of esters is 1. The van der Waals surface area contributed by atoms with Crippen molar-refractivity contribution in [3.05, 3.63) is 35.9 Å². The van der Waals surface area contributed by atoms with E-state index in [-0.39, 0.29) is 5.97 Å². The van der Waals surface area contributed by atoms with Gasteiger partial charge in [-0.15, -0.1) is 0 Å². The van der Waals surface area contributed by atoms with Gasteiger partial charge in [0.2, 0.25) is 0 Å². The normalized spacial score (nSPS) is 9.88. The molecule has 0 aliphatic heterocycles. The van der Waals surface area contributed by atoms with Crippen LogP contribution in [0.2, 0.25) is 0 Å². The minimum atomic E-state index is -0.389. The second-order valence-corrected chi connectivity index (χ2v) is 3.18. The number of ether oxygens (including phenoxy) is 2. The van der Waals surface area contributed by atoms with Gasteiger partial charge in [-0.2, -0.15) is 5.26 Å². The molecule has 0 bridgehead atoms. The van der Waals surface area contributed by atoms with Gasteiger partial charge in [-0.1, -0.05) is 12.1 Å². The molecule has 1 aromatic carbocycles. The molecule has 17 heavy (non-hydrogen) atoms. The average Bonchev–Trinajstić information content (AvgIpc) is 2.37. The number of carbonyl (C=O) groups excluding carboxylic acids is 1. The van der Waals surface area contributed by atoms with Crippen molar-refractivity contribution in [2.75, 3.05) is 13.7 Å². The van der Waals surface area contributed by atoms with E-state index in [1.807, 2.05) is 18.2 Å². The van der Waals surface area contributed by atoms with Gasteiger partial charge in [0.25, 0.3) is 0 Å². The van der Waals surface area contributed by atoms with Crippen molar-refractivity contribution in [3.8, 4) is 11.8 Å². The SMILES string of the molecule is COC(=O)C=Cc1ccc(OCCC#N)cc1. The second-order valence-electron chi connectivity index (χ2n) is 3.18. The Bertz CT molecular complexity index is 429. The number of benzene rings is 1. The maximum absolute atomic E-state index is 10.9. The van der Waals surface area contributed by atoms with Crippen LogP contribution in [-0.2, 0) is 9.53 Å². The molecule has 0 saturated carbocycles. The number of rotatable bonds is 5. The molecule has 88 valence electrons. The zero-order valence-corrected chi connectivity index (χ0v) is 9.55. The molecule has 0 spiro atoms. The Kier molecular flexibility index (Phi) is 5.32. The molecule has 0 aromatic heterocycles. The molecular weight excluding hydrogens is 218 g/mol. The molecule has 0 aliphatic rings. The third-order valence-electron chi connectivity index (χ3n) is 1.98. The summed E-state index contributed by atoms with van der Waals surface area (Å²) < 4.78 is 9.79. The molecule has 1 aromatic rings. The summed E-state index contributed by atoms with van der Waals surface area (Å²) >= 11 is 0. The Labute approximate surface area is 100 Å². The van der Waals surface area contributed by atoms with Crippen molar-refractivity contribution in [1.82, 2.24) is 0 Å². The minimum absolute atomic E-state index is 0.365. The van der Waals surface area contributed by atoms with Gasteiger partial charge in [0.1, 0.15) is 12.4 Å². The van der Waals surface area contributed by atoms with E-state index in [1.54, 1.807) is 18.2 Å². The van der Waals surface area contributed by atoms with Gasteiger partial charge in [0.15, 0.2) is 0 Å². The summed E-state index contributed by atoms with van der Waals surface area (Å²) in [4.78, 5) is 10.9. The molecule has 0 fully saturated rings. The summed E-state index contributed by atoms with van der Waals surface area (Å²) in [5.74, 6) is 0.315. The van der Waals surface area contributed by atoms with Crippen LogP contribution in [0, 0.1) is 11.3 Å². The lowest BCUT2D eigenvalue weighted by Crippen LogP contribution is -1.95. The fourth-order valence-corrected chi connectivity index (χ4v) is 1.12. The number of nitrogens with zero attached hydrogens (tertiary/aromatic N) is 1. The molecule has 0 heterocycles. The predicted molar refractivity (Wildman–Crippen MR) is 63.2 cm³/mol. The number of methoxy groups -OCH3 is 1. The Hall–Kier alpha value is -2.28. The van der Waals surface area contributed by atoms with E-state index in [9.17, 15) is 4.79 Å². The van der Waals surface area contributed by atoms with Crippen molar-refractivity contribution in [1.29, 1.82) is 5.26 Å². The predicted octanol–water partition coefficient (Wildman–Crippen LogP) is 2.17. The van der Waals surface area contributed by atoms with Crippen LogP contribution in [0.4, 0.5) is 0 Å². The summed E-state index contributed by atoms with van der Waals surface area (Å²) in [5.41, 5.74) is 0.878. The molecule has 0 N–H and O–H groups in total. The molecular formula is C13H13NO3. The molecule has 0 radical (unpaired) electrons. The Morgan fingerprint density at radius 1 is 1.41 bits per heavy atom. The van der Waals surface area contributed by atoms with E-state index in [0.29, 0.717) is 18.8 Å². The van der Waals surface area contributed by atoms with Crippen molar-refractivity contribution in [3.63, 3.8) is 0 Å². The van der Waals surface area contributed by atoms with Crippen molar-refractivity contribution in [2.45, 2.75) is 6.42 Å². The van der Waals surface area contributed by atoms with Gasteiger partial charge in [0.05, 0.1) is 19.6 Å². The van der Waals surface area contributed by atoms with Crippen LogP contribution in [-0.4, -0.2) is 19.7 Å². The summed E-state index contributed by atoms with van der Waals surface area (Å²) in [5, 5.41) is 8.35. The summed E-state index contributed by atoms with van der Waals surface area (Å²) in [6.45, 7) is 0.383. The maximum Gasteiger partial charge on any atom is 0.330 e. The highest BCUT2D eigenvalue weighted by Gasteiger charge is 1.95. The largest absolute Gasteiger partial charge is 0.493 e. The smallest absolute Gasteiger partial charge is 0.330 e. The first-order valence-electron chi connectivity index (χ1n) is 5.12. The molecule has 0 atom stereocenters. The van der Waals surface area contributed by atoms with Crippen molar-refractivity contribution >= 4 is 12.0 Å². The molecule has 0 amide bonds. The molecule has 0 unspecified atom stereocenters. The standard InChI is InChI=1S/C13H13NO3/c1-16-13(15)8-5-11-3-6-12(7-4-11)17-10-2-9-14/h3-8H,2,10H2,1H3. The van der Waals surface area contributed by atoms with E-state index in [0.717, 1.165) is 5.56 Å². The first-order chi connectivity index (χ1) is 8.26. The molecule has 4 nitrogen and oxygen atoms in total. The zero-order chi connectivity index (χ0) is 12.5. The van der Waals surface area contributed by atoms with E-state index < -0.39 is 0 Å².